The number of nitrogens with one attached hydrogen (secondary N) is 6. The van der Waals surface area contributed by atoms with Gasteiger partial charge in [0.15, 0.2) is 22.6 Å². The fourth-order valence-electron chi connectivity index (χ4n) is 2.26. The third-order valence-corrected chi connectivity index (χ3v) is 5.14. The van der Waals surface area contributed by atoms with Crippen LogP contribution >= 0.6 is 24.4 Å². The summed E-state index contributed by atoms with van der Waals surface area (Å²) >= 11 is 10.4. The maximum atomic E-state index is 11.7. The van der Waals surface area contributed by atoms with E-state index >= 15 is 0 Å². The lowest BCUT2D eigenvalue weighted by Crippen LogP contribution is -2.42. The molecule has 172 valence electrons. The van der Waals surface area contributed by atoms with E-state index in [1.807, 2.05) is 0 Å². The molecule has 0 aromatic rings. The molecule has 2 amide bonds. The van der Waals surface area contributed by atoms with Gasteiger partial charge in [-0.25, -0.2) is 0 Å². The predicted molar refractivity (Wildman–Crippen MR) is 126 cm³/mol. The van der Waals surface area contributed by atoms with Gasteiger partial charge in [0.1, 0.15) is 0 Å². The van der Waals surface area contributed by atoms with Crippen LogP contribution in [0.5, 0.6) is 0 Å². The molecule has 0 atom stereocenters. The van der Waals surface area contributed by atoms with E-state index in [9.17, 15) is 9.59 Å². The van der Waals surface area contributed by atoms with Gasteiger partial charge in [-0.1, -0.05) is 27.7 Å². The van der Waals surface area contributed by atoms with Crippen molar-refractivity contribution in [1.29, 1.82) is 10.5 Å². The van der Waals surface area contributed by atoms with Crippen LogP contribution in [-0.4, -0.2) is 48.2 Å². The van der Waals surface area contributed by atoms with E-state index in [1.54, 1.807) is 40.1 Å². The van der Waals surface area contributed by atoms with E-state index in [0.717, 1.165) is 6.42 Å². The second-order valence-electron chi connectivity index (χ2n) is 8.12. The molecule has 0 bridgehead atoms. The molecule has 0 spiro atoms. The lowest BCUT2D eigenvalue weighted by Gasteiger charge is -2.22. The second kappa shape index (κ2) is 14.3. The molecule has 0 saturated heterocycles. The van der Waals surface area contributed by atoms with Crippen molar-refractivity contribution in [2.45, 2.75) is 47.0 Å². The minimum atomic E-state index is -0.667. The van der Waals surface area contributed by atoms with Gasteiger partial charge in [0.05, 0.1) is 0 Å². The first-order valence-corrected chi connectivity index (χ1v) is 10.7. The van der Waals surface area contributed by atoms with Gasteiger partial charge in [-0.2, -0.15) is 10.5 Å². The number of nitriles is 2. The molecule has 0 aromatic carbocycles. The highest BCUT2D eigenvalue weighted by Crippen LogP contribution is 2.20. The van der Waals surface area contributed by atoms with Crippen LogP contribution < -0.4 is 31.9 Å². The van der Waals surface area contributed by atoms with Crippen LogP contribution in [0.2, 0.25) is 0 Å². The molecule has 0 aliphatic heterocycles. The minimum Gasteiger partial charge on any atom is -0.363 e. The zero-order valence-corrected chi connectivity index (χ0v) is 20.1. The molecule has 0 aromatic heterocycles. The number of carbonyl (C=O) groups is 2. The van der Waals surface area contributed by atoms with Crippen molar-refractivity contribution < 1.29 is 9.59 Å². The van der Waals surface area contributed by atoms with E-state index in [-0.39, 0.29) is 11.8 Å². The number of hydrogen-bond donors (Lipinski definition) is 6. The lowest BCUT2D eigenvalue weighted by atomic mass is 9.88. The fourth-order valence-corrected chi connectivity index (χ4v) is 2.67. The normalized spacial score (nSPS) is 10.6. The third-order valence-electron chi connectivity index (χ3n) is 4.56. The van der Waals surface area contributed by atoms with Crippen LogP contribution in [0.3, 0.4) is 0 Å². The standard InChI is InChI=1S/C19H32N8O2S2/c1-18(2,14(28)26-12-20)6-10-24-16(30)22-8-5-9-23-17(31)25-11-7-19(3,4)15(29)27-13-21/h5-11H2,1-4H3,(H,26,28)(H,27,29)(H2,22,24,30)(H2,23,25,31). The fraction of sp³-hybridized carbons (Fsp3) is 0.684. The van der Waals surface area contributed by atoms with Crippen LogP contribution in [-0.2, 0) is 9.59 Å². The molecule has 31 heavy (non-hydrogen) atoms. The Balaban J connectivity index is 3.88. The Morgan fingerprint density at radius 3 is 1.35 bits per heavy atom. The van der Waals surface area contributed by atoms with Gasteiger partial charge in [-0.15, -0.1) is 0 Å². The highest BCUT2D eigenvalue weighted by molar-refractivity contribution is 7.80. The van der Waals surface area contributed by atoms with Gasteiger partial charge < -0.3 is 21.3 Å². The number of nitrogens with zero attached hydrogens (tertiary/aromatic N) is 2. The first-order valence-electron chi connectivity index (χ1n) is 9.89. The molecule has 0 saturated carbocycles. The average molecular weight is 469 g/mol. The third kappa shape index (κ3) is 12.6. The molecule has 0 rings (SSSR count). The molecule has 0 aliphatic rings. The Bertz CT molecular complexity index is 665. The summed E-state index contributed by atoms with van der Waals surface area (Å²) < 4.78 is 0. The summed E-state index contributed by atoms with van der Waals surface area (Å²) in [4.78, 5) is 23.5. The van der Waals surface area contributed by atoms with Gasteiger partial charge in [-0.3, -0.25) is 20.2 Å². The maximum Gasteiger partial charge on any atom is 0.238 e. The van der Waals surface area contributed by atoms with Gasteiger partial charge in [0, 0.05) is 37.0 Å². The van der Waals surface area contributed by atoms with Crippen molar-refractivity contribution >= 4 is 46.5 Å². The summed E-state index contributed by atoms with van der Waals surface area (Å²) in [6.07, 6.45) is 5.11. The molecule has 0 aliphatic carbocycles. The minimum absolute atomic E-state index is 0.319. The summed E-state index contributed by atoms with van der Waals surface area (Å²) in [5.41, 5.74) is -1.33. The summed E-state index contributed by atoms with van der Waals surface area (Å²) in [6, 6.07) is 0. The topological polar surface area (TPSA) is 154 Å². The van der Waals surface area contributed by atoms with Gasteiger partial charge in [0.25, 0.3) is 0 Å². The monoisotopic (exact) mass is 468 g/mol. The van der Waals surface area contributed by atoms with E-state index in [2.05, 4.69) is 31.9 Å². The zero-order chi connectivity index (χ0) is 23.9. The first kappa shape index (κ1) is 28.3. The summed E-state index contributed by atoms with van der Waals surface area (Å²) in [7, 11) is 0. The first-order chi connectivity index (χ1) is 14.5. The van der Waals surface area contributed by atoms with Crippen molar-refractivity contribution in [3.8, 4) is 12.4 Å². The molecule has 10 nitrogen and oxygen atoms in total. The van der Waals surface area contributed by atoms with Gasteiger partial charge >= 0.3 is 0 Å². The maximum absolute atomic E-state index is 11.7. The molecule has 6 N–H and O–H groups in total. The van der Waals surface area contributed by atoms with Crippen LogP contribution in [0.15, 0.2) is 0 Å². The van der Waals surface area contributed by atoms with Crippen LogP contribution in [0.4, 0.5) is 0 Å². The van der Waals surface area contributed by atoms with Crippen LogP contribution in [0.1, 0.15) is 47.0 Å². The Morgan fingerprint density at radius 1 is 0.710 bits per heavy atom. The molecule has 0 fully saturated rings. The SMILES string of the molecule is CC(C)(CCNC(=S)NCCCNC(=S)NCCC(C)(C)C(=O)NC#N)C(=O)NC#N. The van der Waals surface area contributed by atoms with Crippen LogP contribution in [0.25, 0.3) is 0 Å². The molecule has 0 unspecified atom stereocenters. The smallest absolute Gasteiger partial charge is 0.238 e. The highest BCUT2D eigenvalue weighted by atomic mass is 32.1. The number of thiocarbonyl (C=S) groups is 2. The summed E-state index contributed by atoms with van der Waals surface area (Å²) in [5.74, 6) is -0.638. The van der Waals surface area contributed by atoms with Crippen molar-refractivity contribution in [3.05, 3.63) is 0 Å². The predicted octanol–water partition coefficient (Wildman–Crippen LogP) is 0.332. The number of carbonyl (C=O) groups excluding carboxylic acids is 2. The Hall–Kier alpha value is -2.70. The van der Waals surface area contributed by atoms with Gasteiger partial charge in [0.2, 0.25) is 11.8 Å². The van der Waals surface area contributed by atoms with E-state index in [1.165, 1.54) is 0 Å². The second-order valence-corrected chi connectivity index (χ2v) is 8.94. The van der Waals surface area contributed by atoms with E-state index < -0.39 is 10.8 Å². The quantitative estimate of drug-likeness (QED) is 0.102. The molecule has 0 heterocycles. The van der Waals surface area contributed by atoms with E-state index in [4.69, 9.17) is 35.0 Å². The van der Waals surface area contributed by atoms with Crippen molar-refractivity contribution in [2.24, 2.45) is 10.8 Å². The molecule has 12 heteroatoms. The Labute approximate surface area is 194 Å². The number of rotatable bonds is 12. The Kier molecular flexibility index (Phi) is 13.1. The number of amides is 2. The average Bonchev–Trinajstić information content (AvgIpc) is 2.67. The summed E-state index contributed by atoms with van der Waals surface area (Å²) in [5, 5.41) is 34.6. The zero-order valence-electron chi connectivity index (χ0n) is 18.5. The summed E-state index contributed by atoms with van der Waals surface area (Å²) in [6.45, 7) is 9.36. The molecule has 0 radical (unpaired) electrons. The molecular formula is C19H32N8O2S2. The van der Waals surface area contributed by atoms with Gasteiger partial charge in [-0.05, 0) is 43.7 Å². The van der Waals surface area contributed by atoms with Crippen molar-refractivity contribution in [2.75, 3.05) is 26.2 Å². The number of hydrogen-bond acceptors (Lipinski definition) is 6. The van der Waals surface area contributed by atoms with E-state index in [0.29, 0.717) is 49.2 Å². The van der Waals surface area contributed by atoms with Crippen molar-refractivity contribution in [3.63, 3.8) is 0 Å². The largest absolute Gasteiger partial charge is 0.363 e. The molecular weight excluding hydrogens is 436 g/mol. The van der Waals surface area contributed by atoms with Crippen molar-refractivity contribution in [1.82, 2.24) is 31.9 Å². The highest BCUT2D eigenvalue weighted by Gasteiger charge is 2.27. The van der Waals surface area contributed by atoms with Crippen LogP contribution in [0, 0.1) is 33.7 Å². The Morgan fingerprint density at radius 2 is 1.03 bits per heavy atom. The lowest BCUT2D eigenvalue weighted by molar-refractivity contribution is -0.129.